The topological polar surface area (TPSA) is 132 Å². The Balaban J connectivity index is 2.22. The quantitative estimate of drug-likeness (QED) is 0.664. The molecule has 0 aromatic heterocycles. The van der Waals surface area contributed by atoms with Crippen LogP contribution in [0.15, 0.2) is 23.1 Å². The lowest BCUT2D eigenvalue weighted by Crippen LogP contribution is -2.26. The Morgan fingerprint density at radius 2 is 2.05 bits per heavy atom. The van der Waals surface area contributed by atoms with Crippen molar-refractivity contribution in [1.29, 1.82) is 0 Å². The van der Waals surface area contributed by atoms with Crippen LogP contribution in [0, 0.1) is 0 Å². The third-order valence-corrected chi connectivity index (χ3v) is 6.52. The van der Waals surface area contributed by atoms with E-state index in [1.54, 1.807) is 0 Å². The Kier molecular flexibility index (Phi) is 3.94. The first-order valence-electron chi connectivity index (χ1n) is 6.08. The minimum atomic E-state index is -3.92. The van der Waals surface area contributed by atoms with Crippen LogP contribution >= 0.6 is 0 Å². The molecule has 1 fully saturated rings. The normalized spacial score (nSPS) is 21.8. The number of anilines is 2. The molecule has 0 bridgehead atoms. The molecule has 1 aliphatic heterocycles. The van der Waals surface area contributed by atoms with Gasteiger partial charge in [-0.15, -0.1) is 0 Å². The predicted octanol–water partition coefficient (Wildman–Crippen LogP) is -0.0947. The summed E-state index contributed by atoms with van der Waals surface area (Å²) in [5.74, 6) is 0.184. The number of nitrogens with one attached hydrogen (secondary N) is 1. The summed E-state index contributed by atoms with van der Waals surface area (Å²) in [6, 6.07) is 4.26. The van der Waals surface area contributed by atoms with E-state index in [0.29, 0.717) is 12.8 Å². The van der Waals surface area contributed by atoms with Crippen LogP contribution in [-0.2, 0) is 19.9 Å². The zero-order valence-electron chi connectivity index (χ0n) is 10.7. The van der Waals surface area contributed by atoms with Gasteiger partial charge in [0.1, 0.15) is 4.90 Å². The van der Waals surface area contributed by atoms with Gasteiger partial charge < -0.3 is 11.1 Å². The Morgan fingerprint density at radius 1 is 1.35 bits per heavy atom. The van der Waals surface area contributed by atoms with Gasteiger partial charge in [-0.3, -0.25) is 0 Å². The molecule has 1 aliphatic rings. The molecule has 1 heterocycles. The summed E-state index contributed by atoms with van der Waals surface area (Å²) in [5.41, 5.74) is 6.08. The minimum absolute atomic E-state index is 0.132. The minimum Gasteiger partial charge on any atom is -0.399 e. The molecule has 1 aromatic carbocycles. The number of sulfone groups is 1. The highest BCUT2D eigenvalue weighted by atomic mass is 32.2. The van der Waals surface area contributed by atoms with Crippen LogP contribution < -0.4 is 16.2 Å². The van der Waals surface area contributed by atoms with Gasteiger partial charge in [0.2, 0.25) is 10.0 Å². The predicted molar refractivity (Wildman–Crippen MR) is 77.5 cm³/mol. The lowest BCUT2D eigenvalue weighted by molar-refractivity contribution is 0.591. The van der Waals surface area contributed by atoms with E-state index in [9.17, 15) is 16.8 Å². The fourth-order valence-electron chi connectivity index (χ4n) is 2.23. The fourth-order valence-corrected chi connectivity index (χ4v) is 4.74. The fraction of sp³-hybridized carbons (Fsp3) is 0.455. The van der Waals surface area contributed by atoms with E-state index in [0.717, 1.165) is 0 Å². The first-order valence-corrected chi connectivity index (χ1v) is 9.34. The summed E-state index contributed by atoms with van der Waals surface area (Å²) in [6.07, 6.45) is 1.22. The van der Waals surface area contributed by atoms with Crippen LogP contribution in [-0.4, -0.2) is 34.4 Å². The summed E-state index contributed by atoms with van der Waals surface area (Å²) in [7, 11) is -7.00. The number of hydrogen-bond donors (Lipinski definition) is 3. The maximum atomic E-state index is 11.7. The number of primary sulfonamides is 1. The Hall–Kier alpha value is -1.32. The van der Waals surface area contributed by atoms with Gasteiger partial charge in [-0.1, -0.05) is 0 Å². The molecule has 112 valence electrons. The van der Waals surface area contributed by atoms with Crippen molar-refractivity contribution in [3.05, 3.63) is 18.2 Å². The molecule has 7 nitrogen and oxygen atoms in total. The van der Waals surface area contributed by atoms with Crippen molar-refractivity contribution in [3.8, 4) is 0 Å². The molecule has 1 atom stereocenters. The molecular weight excluding hydrogens is 302 g/mol. The van der Waals surface area contributed by atoms with E-state index in [1.807, 2.05) is 0 Å². The van der Waals surface area contributed by atoms with Gasteiger partial charge in [-0.2, -0.15) is 0 Å². The second-order valence-electron chi connectivity index (χ2n) is 4.81. The van der Waals surface area contributed by atoms with Crippen molar-refractivity contribution in [2.75, 3.05) is 23.3 Å². The molecular formula is C11H17N3O4S2. The van der Waals surface area contributed by atoms with Crippen LogP contribution in [0.1, 0.15) is 12.8 Å². The average Bonchev–Trinajstić information content (AvgIpc) is 2.65. The molecule has 1 unspecified atom stereocenters. The average molecular weight is 319 g/mol. The number of sulfonamides is 1. The summed E-state index contributed by atoms with van der Waals surface area (Å²) in [6.45, 7) is 0.161. The van der Waals surface area contributed by atoms with Crippen LogP contribution in [0.3, 0.4) is 0 Å². The Bertz CT molecular complexity index is 713. The van der Waals surface area contributed by atoms with Crippen molar-refractivity contribution in [2.45, 2.75) is 23.0 Å². The maximum Gasteiger partial charge on any atom is 0.240 e. The first-order chi connectivity index (χ1) is 9.20. The van der Waals surface area contributed by atoms with Crippen molar-refractivity contribution in [1.82, 2.24) is 0 Å². The Morgan fingerprint density at radius 3 is 2.60 bits per heavy atom. The van der Waals surface area contributed by atoms with E-state index >= 15 is 0 Å². The SMILES string of the molecule is Nc1ccc(NCC2CCCS2(=O)=O)c(S(N)(=O)=O)c1. The lowest BCUT2D eigenvalue weighted by Gasteiger charge is -2.14. The van der Waals surface area contributed by atoms with Gasteiger partial charge in [-0.05, 0) is 31.0 Å². The van der Waals surface area contributed by atoms with E-state index in [1.165, 1.54) is 18.2 Å². The van der Waals surface area contributed by atoms with Crippen LogP contribution in [0.4, 0.5) is 11.4 Å². The van der Waals surface area contributed by atoms with Crippen molar-refractivity contribution < 1.29 is 16.8 Å². The molecule has 0 spiro atoms. The summed E-state index contributed by atoms with van der Waals surface area (Å²) < 4.78 is 46.4. The highest BCUT2D eigenvalue weighted by molar-refractivity contribution is 7.92. The zero-order valence-corrected chi connectivity index (χ0v) is 12.4. The van der Waals surface area contributed by atoms with E-state index in [2.05, 4.69) is 5.32 Å². The molecule has 0 saturated carbocycles. The van der Waals surface area contributed by atoms with Gasteiger partial charge in [0.15, 0.2) is 9.84 Å². The third kappa shape index (κ3) is 3.22. The molecule has 20 heavy (non-hydrogen) atoms. The zero-order chi connectivity index (χ0) is 15.0. The van der Waals surface area contributed by atoms with E-state index in [4.69, 9.17) is 10.9 Å². The van der Waals surface area contributed by atoms with Crippen LogP contribution in [0.2, 0.25) is 0 Å². The van der Waals surface area contributed by atoms with E-state index in [-0.39, 0.29) is 28.6 Å². The second-order valence-corrected chi connectivity index (χ2v) is 8.74. The first kappa shape index (κ1) is 15.1. The molecule has 0 aliphatic carbocycles. The highest BCUT2D eigenvalue weighted by Crippen LogP contribution is 2.25. The summed E-state index contributed by atoms with van der Waals surface area (Å²) in [5, 5.41) is 7.48. The van der Waals surface area contributed by atoms with Gasteiger partial charge in [0, 0.05) is 12.2 Å². The van der Waals surface area contributed by atoms with Gasteiger partial charge in [0.25, 0.3) is 0 Å². The highest BCUT2D eigenvalue weighted by Gasteiger charge is 2.31. The van der Waals surface area contributed by atoms with Gasteiger partial charge in [-0.25, -0.2) is 22.0 Å². The van der Waals surface area contributed by atoms with Crippen LogP contribution in [0.25, 0.3) is 0 Å². The number of nitrogens with two attached hydrogens (primary N) is 2. The maximum absolute atomic E-state index is 11.7. The number of hydrogen-bond acceptors (Lipinski definition) is 6. The molecule has 1 saturated heterocycles. The molecule has 2 rings (SSSR count). The summed E-state index contributed by atoms with van der Waals surface area (Å²) in [4.78, 5) is -0.132. The van der Waals surface area contributed by atoms with Crippen molar-refractivity contribution >= 4 is 31.2 Å². The van der Waals surface area contributed by atoms with Crippen molar-refractivity contribution in [3.63, 3.8) is 0 Å². The molecule has 9 heteroatoms. The lowest BCUT2D eigenvalue weighted by atomic mass is 10.2. The van der Waals surface area contributed by atoms with E-state index < -0.39 is 25.1 Å². The van der Waals surface area contributed by atoms with Gasteiger partial charge in [0.05, 0.1) is 16.7 Å². The molecule has 1 aromatic rings. The summed E-state index contributed by atoms with van der Waals surface area (Å²) >= 11 is 0. The largest absolute Gasteiger partial charge is 0.399 e. The monoisotopic (exact) mass is 319 g/mol. The molecule has 0 amide bonds. The number of nitrogen functional groups attached to an aromatic ring is 1. The molecule has 0 radical (unpaired) electrons. The number of rotatable bonds is 4. The Labute approximate surface area is 118 Å². The smallest absolute Gasteiger partial charge is 0.240 e. The van der Waals surface area contributed by atoms with Gasteiger partial charge >= 0.3 is 0 Å². The number of benzene rings is 1. The van der Waals surface area contributed by atoms with Crippen molar-refractivity contribution in [2.24, 2.45) is 5.14 Å². The third-order valence-electron chi connectivity index (χ3n) is 3.30. The standard InChI is InChI=1S/C11H17N3O4S2/c12-8-3-4-10(11(6-8)20(13,17)18)14-7-9-2-1-5-19(9,15)16/h3-4,6,9,14H,1-2,5,7,12H2,(H2,13,17,18). The molecule has 5 N–H and O–H groups in total. The second kappa shape index (κ2) is 5.23. The van der Waals surface area contributed by atoms with Crippen LogP contribution in [0.5, 0.6) is 0 Å².